The second-order valence-corrected chi connectivity index (χ2v) is 4.61. The third kappa shape index (κ3) is 3.36. The number of carbonyl (C=O) groups excluding carboxylic acids is 1. The van der Waals surface area contributed by atoms with Gasteiger partial charge in [0.15, 0.2) is 0 Å². The van der Waals surface area contributed by atoms with Crippen LogP contribution in [0, 0.1) is 0 Å². The molecule has 2 amide bonds. The molecule has 0 spiro atoms. The van der Waals surface area contributed by atoms with E-state index in [4.69, 9.17) is 9.47 Å². The molecule has 1 aliphatic heterocycles. The van der Waals surface area contributed by atoms with Gasteiger partial charge < -0.3 is 19.3 Å². The van der Waals surface area contributed by atoms with Gasteiger partial charge in [0.05, 0.1) is 18.8 Å². The van der Waals surface area contributed by atoms with Gasteiger partial charge in [0.2, 0.25) is 0 Å². The molecule has 0 N–H and O–H groups in total. The normalized spacial score (nSPS) is 19.4. The average Bonchev–Trinajstić information content (AvgIpc) is 2.75. The molecule has 0 aromatic carbocycles. The number of carbonyl (C=O) groups is 1. The molecule has 1 heterocycles. The van der Waals surface area contributed by atoms with E-state index in [1.54, 1.807) is 14.2 Å². The smallest absolute Gasteiger partial charge is 0.320 e. The molecule has 1 fully saturated rings. The average molecular weight is 258 g/mol. The zero-order valence-corrected chi connectivity index (χ0v) is 12.0. The van der Waals surface area contributed by atoms with Crippen molar-refractivity contribution >= 4 is 6.03 Å². The van der Waals surface area contributed by atoms with Crippen LogP contribution in [0.25, 0.3) is 0 Å². The van der Waals surface area contributed by atoms with Crippen LogP contribution >= 0.6 is 0 Å². The van der Waals surface area contributed by atoms with Crippen LogP contribution in [0.4, 0.5) is 4.79 Å². The molecular weight excluding hydrogens is 232 g/mol. The van der Waals surface area contributed by atoms with Crippen molar-refractivity contribution in [3.8, 4) is 0 Å². The first-order valence-electron chi connectivity index (χ1n) is 6.76. The third-order valence-electron chi connectivity index (χ3n) is 3.65. The fraction of sp³-hybridized carbons (Fsp3) is 0.923. The lowest BCUT2D eigenvalue weighted by molar-refractivity contribution is 0.0289. The molecule has 5 nitrogen and oxygen atoms in total. The first kappa shape index (κ1) is 15.2. The molecule has 2 atom stereocenters. The molecule has 1 aliphatic rings. The predicted octanol–water partition coefficient (Wildman–Crippen LogP) is 1.57. The van der Waals surface area contributed by atoms with Gasteiger partial charge in [0.25, 0.3) is 0 Å². The lowest BCUT2D eigenvalue weighted by atomic mass is 10.0. The van der Waals surface area contributed by atoms with Gasteiger partial charge in [-0.25, -0.2) is 4.79 Å². The third-order valence-corrected chi connectivity index (χ3v) is 3.65. The zero-order valence-electron chi connectivity index (χ0n) is 12.0. The van der Waals surface area contributed by atoms with Gasteiger partial charge >= 0.3 is 6.03 Å². The summed E-state index contributed by atoms with van der Waals surface area (Å²) in [5, 5.41) is 0. The Balaban J connectivity index is 2.63. The summed E-state index contributed by atoms with van der Waals surface area (Å²) in [6.07, 6.45) is 1.98. The summed E-state index contributed by atoms with van der Waals surface area (Å²) in [5.74, 6) is 0. The van der Waals surface area contributed by atoms with Gasteiger partial charge in [0.1, 0.15) is 0 Å². The van der Waals surface area contributed by atoms with Crippen molar-refractivity contribution in [2.45, 2.75) is 38.8 Å². The van der Waals surface area contributed by atoms with Crippen LogP contribution < -0.4 is 0 Å². The molecule has 0 aromatic rings. The summed E-state index contributed by atoms with van der Waals surface area (Å²) in [5.41, 5.74) is 0. The number of methoxy groups -OCH3 is 2. The summed E-state index contributed by atoms with van der Waals surface area (Å²) >= 11 is 0. The minimum atomic E-state index is 0.120. The first-order chi connectivity index (χ1) is 8.69. The van der Waals surface area contributed by atoms with Crippen LogP contribution in [-0.4, -0.2) is 68.4 Å². The highest BCUT2D eigenvalue weighted by atomic mass is 16.5. The maximum atomic E-state index is 12.3. The molecular formula is C13H26N2O3. The van der Waals surface area contributed by atoms with Crippen molar-refractivity contribution < 1.29 is 14.3 Å². The summed E-state index contributed by atoms with van der Waals surface area (Å²) in [6, 6.07) is 0.300. The minimum absolute atomic E-state index is 0.120. The molecule has 0 saturated carbocycles. The van der Waals surface area contributed by atoms with Gasteiger partial charge in [-0.05, 0) is 12.8 Å². The quantitative estimate of drug-likeness (QED) is 0.663. The lowest BCUT2D eigenvalue weighted by Gasteiger charge is -2.32. The number of nitrogens with zero attached hydrogens (tertiary/aromatic N) is 2. The second-order valence-electron chi connectivity index (χ2n) is 4.61. The number of amides is 2. The fourth-order valence-corrected chi connectivity index (χ4v) is 2.60. The van der Waals surface area contributed by atoms with Crippen LogP contribution in [0.15, 0.2) is 0 Å². The first-order valence-corrected chi connectivity index (χ1v) is 6.76. The van der Waals surface area contributed by atoms with Crippen molar-refractivity contribution in [1.82, 2.24) is 9.80 Å². The van der Waals surface area contributed by atoms with E-state index in [1.807, 2.05) is 9.80 Å². The topological polar surface area (TPSA) is 42.0 Å². The molecule has 18 heavy (non-hydrogen) atoms. The molecule has 0 radical (unpaired) electrons. The molecule has 1 rings (SSSR count). The molecule has 106 valence electrons. The summed E-state index contributed by atoms with van der Waals surface area (Å²) < 4.78 is 10.5. The van der Waals surface area contributed by atoms with E-state index in [2.05, 4.69) is 13.8 Å². The predicted molar refractivity (Wildman–Crippen MR) is 70.7 cm³/mol. The van der Waals surface area contributed by atoms with Crippen LogP contribution in [0.5, 0.6) is 0 Å². The lowest BCUT2D eigenvalue weighted by Crippen LogP contribution is -2.46. The summed E-state index contributed by atoms with van der Waals surface area (Å²) in [7, 11) is 3.38. The number of hydrogen-bond donors (Lipinski definition) is 0. The Morgan fingerprint density at radius 2 is 1.94 bits per heavy atom. The highest BCUT2D eigenvalue weighted by Crippen LogP contribution is 2.20. The van der Waals surface area contributed by atoms with E-state index in [0.717, 1.165) is 25.9 Å². The molecule has 0 aromatic heterocycles. The summed E-state index contributed by atoms with van der Waals surface area (Å²) in [4.78, 5) is 16.1. The van der Waals surface area contributed by atoms with Crippen LogP contribution in [0.2, 0.25) is 0 Å². The van der Waals surface area contributed by atoms with Gasteiger partial charge in [-0.2, -0.15) is 0 Å². The Morgan fingerprint density at radius 3 is 2.44 bits per heavy atom. The largest absolute Gasteiger partial charge is 0.383 e. The molecule has 5 heteroatoms. The van der Waals surface area contributed by atoms with E-state index >= 15 is 0 Å². The van der Waals surface area contributed by atoms with Crippen molar-refractivity contribution in [3.63, 3.8) is 0 Å². The number of hydrogen-bond acceptors (Lipinski definition) is 3. The van der Waals surface area contributed by atoms with E-state index in [9.17, 15) is 4.79 Å². The number of urea groups is 1. The number of rotatable bonds is 8. The van der Waals surface area contributed by atoms with Gasteiger partial charge in [-0.3, -0.25) is 0 Å². The Hall–Kier alpha value is -0.810. The van der Waals surface area contributed by atoms with E-state index in [1.165, 1.54) is 0 Å². The van der Waals surface area contributed by atoms with Gasteiger partial charge in [-0.1, -0.05) is 13.8 Å². The fourth-order valence-electron chi connectivity index (χ4n) is 2.60. The molecule has 2 unspecified atom stereocenters. The number of ether oxygens (including phenoxy) is 2. The maximum absolute atomic E-state index is 12.3. The Morgan fingerprint density at radius 1 is 1.22 bits per heavy atom. The van der Waals surface area contributed by atoms with E-state index in [-0.39, 0.29) is 18.2 Å². The summed E-state index contributed by atoms with van der Waals surface area (Å²) in [6.45, 7) is 7.06. The molecule has 0 aliphatic carbocycles. The Kier molecular flexibility index (Phi) is 6.43. The second kappa shape index (κ2) is 7.59. The van der Waals surface area contributed by atoms with Crippen molar-refractivity contribution in [2.24, 2.45) is 0 Å². The Bertz CT molecular complexity index is 257. The van der Waals surface area contributed by atoms with Crippen LogP contribution in [-0.2, 0) is 9.47 Å². The minimum Gasteiger partial charge on any atom is -0.383 e. The monoisotopic (exact) mass is 258 g/mol. The van der Waals surface area contributed by atoms with E-state index in [0.29, 0.717) is 13.2 Å². The SMILES string of the molecule is CCC(OC)C(CC)N1CCN(CCOC)C1=O. The van der Waals surface area contributed by atoms with Crippen molar-refractivity contribution in [3.05, 3.63) is 0 Å². The van der Waals surface area contributed by atoms with Crippen molar-refractivity contribution in [1.29, 1.82) is 0 Å². The highest BCUT2D eigenvalue weighted by Gasteiger charge is 2.35. The van der Waals surface area contributed by atoms with Gasteiger partial charge in [0, 0.05) is 33.9 Å². The van der Waals surface area contributed by atoms with Crippen LogP contribution in [0.1, 0.15) is 26.7 Å². The molecule has 0 bridgehead atoms. The molecule has 1 saturated heterocycles. The van der Waals surface area contributed by atoms with Crippen molar-refractivity contribution in [2.75, 3.05) is 40.5 Å². The Labute approximate surface area is 110 Å². The van der Waals surface area contributed by atoms with Crippen LogP contribution in [0.3, 0.4) is 0 Å². The van der Waals surface area contributed by atoms with E-state index < -0.39 is 0 Å². The maximum Gasteiger partial charge on any atom is 0.320 e. The standard InChI is InChI=1S/C13H26N2O3/c1-5-11(12(6-2)18-4)15-8-7-14(13(15)16)9-10-17-3/h11-12H,5-10H2,1-4H3. The highest BCUT2D eigenvalue weighted by molar-refractivity contribution is 5.77. The zero-order chi connectivity index (χ0) is 13.5. The van der Waals surface area contributed by atoms with Gasteiger partial charge in [-0.15, -0.1) is 0 Å².